The number of rotatable bonds is 36. The van der Waals surface area contributed by atoms with E-state index in [1.54, 1.807) is 37.5 Å². The molecular formula is C47H80N4O19P2S2. The fourth-order valence-corrected chi connectivity index (χ4v) is 10.6. The third kappa shape index (κ3) is 27.4. The molecule has 424 valence electrons. The van der Waals surface area contributed by atoms with Gasteiger partial charge in [0.25, 0.3) is 0 Å². The maximum absolute atomic E-state index is 13.0. The Morgan fingerprint density at radius 1 is 0.581 bits per heavy atom. The van der Waals surface area contributed by atoms with Gasteiger partial charge in [-0.05, 0) is 56.2 Å². The van der Waals surface area contributed by atoms with Crippen molar-refractivity contribution in [1.82, 2.24) is 20.4 Å². The molecule has 4 unspecified atom stereocenters. The highest BCUT2D eigenvalue weighted by Gasteiger charge is 2.39. The van der Waals surface area contributed by atoms with Gasteiger partial charge in [-0.2, -0.15) is 0 Å². The van der Waals surface area contributed by atoms with Crippen molar-refractivity contribution in [1.29, 1.82) is 0 Å². The van der Waals surface area contributed by atoms with Gasteiger partial charge in [0.15, 0.2) is 0 Å². The van der Waals surface area contributed by atoms with Crippen LogP contribution in [-0.2, 0) is 108 Å². The summed E-state index contributed by atoms with van der Waals surface area (Å²) < 4.78 is 44.6. The van der Waals surface area contributed by atoms with Crippen LogP contribution in [0.5, 0.6) is 0 Å². The highest BCUT2D eigenvalue weighted by atomic mass is 32.5. The van der Waals surface area contributed by atoms with E-state index in [4.69, 9.17) is 65.3 Å². The number of Topliss-reactive ketones (excluding diaryl/α,β-unsaturated/α-hetero) is 3. The van der Waals surface area contributed by atoms with Crippen molar-refractivity contribution < 1.29 is 89.7 Å². The molecule has 0 spiro atoms. The number of ketones is 3. The number of nitrogens with one attached hydrogen (secondary N) is 2. The summed E-state index contributed by atoms with van der Waals surface area (Å²) in [5, 5.41) is 14.2. The van der Waals surface area contributed by atoms with Crippen molar-refractivity contribution in [2.24, 2.45) is 0 Å². The first-order valence-electron chi connectivity index (χ1n) is 25.2. The Balaban J connectivity index is 0.000000740. The van der Waals surface area contributed by atoms with Gasteiger partial charge in [0, 0.05) is 97.2 Å². The van der Waals surface area contributed by atoms with Gasteiger partial charge >= 0.3 is 31.3 Å². The Kier molecular flexibility index (Phi) is 33.6. The third-order valence-electron chi connectivity index (χ3n) is 11.8. The lowest BCUT2D eigenvalue weighted by Gasteiger charge is -2.28. The Hall–Kier alpha value is -3.64. The molecule has 0 aromatic carbocycles. The molecule has 27 heteroatoms. The molecule has 8 atom stereocenters. The first-order valence-corrected chi connectivity index (χ1v) is 30.3. The van der Waals surface area contributed by atoms with E-state index in [0.717, 1.165) is 0 Å². The normalized spacial score (nSPS) is 19.6. The highest BCUT2D eigenvalue weighted by Crippen LogP contribution is 2.51. The molecule has 0 aromatic rings. The molecule has 0 aliphatic carbocycles. The number of hydrogen-bond acceptors (Lipinski definition) is 20. The molecule has 2 fully saturated rings. The van der Waals surface area contributed by atoms with E-state index >= 15 is 0 Å². The van der Waals surface area contributed by atoms with Gasteiger partial charge in [0.2, 0.25) is 23.6 Å². The largest absolute Gasteiger partial charge is 0.481 e. The summed E-state index contributed by atoms with van der Waals surface area (Å²) in [7, 11) is 2.63. The van der Waals surface area contributed by atoms with E-state index in [0.29, 0.717) is 57.8 Å². The number of aliphatic carboxylic acids is 1. The predicted molar refractivity (Wildman–Crippen MR) is 277 cm³/mol. The van der Waals surface area contributed by atoms with Crippen LogP contribution in [0.1, 0.15) is 151 Å². The SMILES string of the molecule is CCC(=O)CCC(CNC(=O)CC)OP(=S)(OC)OCC(=O)N1C[C@H](OC(=O)CCC(=O)O)C[C@H]1CC.CCC(=O)CCC(CNC(=O)CC)OP(=S)(OC)OCC(=O)N1C[C@H](OC(=O)CCC(C)=O)C[C@H]1CC. The zero-order chi connectivity index (χ0) is 56.0. The first kappa shape index (κ1) is 68.4. The van der Waals surface area contributed by atoms with Crippen LogP contribution >= 0.6 is 13.4 Å². The topological polar surface area (TPSA) is 295 Å². The summed E-state index contributed by atoms with van der Waals surface area (Å²) in [5.41, 5.74) is 0. The number of carbonyl (C=O) groups excluding carboxylic acids is 9. The zero-order valence-corrected chi connectivity index (χ0v) is 47.8. The van der Waals surface area contributed by atoms with Gasteiger partial charge < -0.3 is 57.9 Å². The third-order valence-corrected chi connectivity index (χ3v) is 16.8. The summed E-state index contributed by atoms with van der Waals surface area (Å²) >= 11 is 10.9. The van der Waals surface area contributed by atoms with Crippen LogP contribution in [0.15, 0.2) is 0 Å². The van der Waals surface area contributed by atoms with Crippen molar-refractivity contribution >= 4 is 95.9 Å². The van der Waals surface area contributed by atoms with Crippen molar-refractivity contribution in [2.75, 3.05) is 53.6 Å². The number of carbonyl (C=O) groups is 10. The van der Waals surface area contributed by atoms with Crippen molar-refractivity contribution in [3.05, 3.63) is 0 Å². The maximum atomic E-state index is 13.0. The van der Waals surface area contributed by atoms with Gasteiger partial charge in [-0.15, -0.1) is 0 Å². The number of hydrogen-bond donors (Lipinski definition) is 3. The molecular weight excluding hydrogens is 1050 g/mol. The molecule has 0 bridgehead atoms. The molecule has 3 N–H and O–H groups in total. The van der Waals surface area contributed by atoms with Crippen LogP contribution in [0.25, 0.3) is 0 Å². The number of esters is 2. The van der Waals surface area contributed by atoms with Crippen LogP contribution in [0, 0.1) is 0 Å². The number of nitrogens with zero attached hydrogens (tertiary/aromatic N) is 2. The second kappa shape index (κ2) is 36.4. The minimum absolute atomic E-state index is 0.0114. The van der Waals surface area contributed by atoms with Gasteiger partial charge in [0.1, 0.15) is 42.8 Å². The van der Waals surface area contributed by atoms with Crippen LogP contribution in [0.4, 0.5) is 0 Å². The summed E-state index contributed by atoms with van der Waals surface area (Å²) in [6.07, 6.45) is 1.96. The van der Waals surface area contributed by atoms with E-state index in [2.05, 4.69) is 10.6 Å². The molecule has 0 aromatic heterocycles. The Morgan fingerprint density at radius 3 is 1.27 bits per heavy atom. The van der Waals surface area contributed by atoms with Crippen LogP contribution in [-0.4, -0.2) is 164 Å². The first-order chi connectivity index (χ1) is 34.9. The van der Waals surface area contributed by atoms with Gasteiger partial charge in [0.05, 0.1) is 44.6 Å². The lowest BCUT2D eigenvalue weighted by atomic mass is 10.1. The molecule has 2 rings (SSSR count). The molecule has 23 nitrogen and oxygen atoms in total. The smallest absolute Gasteiger partial charge is 0.327 e. The summed E-state index contributed by atoms with van der Waals surface area (Å²) in [6.45, 7) is 5.24. The number of likely N-dealkylation sites (tertiary alicyclic amines) is 2. The fraction of sp³-hybridized carbons (Fsp3) is 0.787. The van der Waals surface area contributed by atoms with Crippen molar-refractivity contribution in [2.45, 2.75) is 188 Å². The fourth-order valence-electron chi connectivity index (χ4n) is 7.42. The molecule has 4 amide bonds. The Bertz CT molecular complexity index is 1810. The standard InChI is InChI=1S/C24H41N2O9PS.C23H39N2O10PS/c1-6-18-13-21(34-24(31)12-9-17(4)27)15-26(18)23(30)16-33-36(37,32-5)35-20(11-10-19(28)7-2)14-25-22(29)8-3;1-5-16-12-19(34-23(31)11-10-22(29)30)14-25(16)21(28)15-33-36(37,32-4)35-18(9-8-17(26)6-2)13-24-20(27)7-3/h18,20-21H,6-16H2,1-5H3,(H,25,29);16,18-19H,5-15H2,1-4H3,(H,24,27)(H,29,30)/t18-,20?,21-,36?;16-,18?,19-,36?/m11/s1. The Morgan fingerprint density at radius 2 is 0.959 bits per heavy atom. The number of carboxylic acid groups (broad SMARTS) is 1. The van der Waals surface area contributed by atoms with E-state index in [-0.39, 0.29) is 124 Å². The number of carboxylic acids is 1. The van der Waals surface area contributed by atoms with Gasteiger partial charge in [-0.3, -0.25) is 52.2 Å². The van der Waals surface area contributed by atoms with Gasteiger partial charge in [-0.25, -0.2) is 0 Å². The average molecular weight is 1130 g/mol. The average Bonchev–Trinajstić information content (AvgIpc) is 4.00. The minimum atomic E-state index is -3.39. The lowest BCUT2D eigenvalue weighted by Crippen LogP contribution is -2.38. The van der Waals surface area contributed by atoms with Crippen LogP contribution in [0.2, 0.25) is 0 Å². The van der Waals surface area contributed by atoms with Crippen molar-refractivity contribution in [3.8, 4) is 0 Å². The maximum Gasteiger partial charge on any atom is 0.327 e. The summed E-state index contributed by atoms with van der Waals surface area (Å²) in [6, 6.07) is -0.327. The number of ether oxygens (including phenoxy) is 2. The second-order valence-corrected chi connectivity index (χ2v) is 23.6. The Labute approximate surface area is 445 Å². The highest BCUT2D eigenvalue weighted by molar-refractivity contribution is 8.07. The molecule has 74 heavy (non-hydrogen) atoms. The number of amides is 4. The minimum Gasteiger partial charge on any atom is -0.481 e. The molecule has 0 saturated carbocycles. The summed E-state index contributed by atoms with van der Waals surface area (Å²) in [4.78, 5) is 122. The predicted octanol–water partition coefficient (Wildman–Crippen LogP) is 5.17. The second-order valence-electron chi connectivity index (χ2n) is 17.4. The summed E-state index contributed by atoms with van der Waals surface area (Å²) in [5.74, 6) is -3.28. The van der Waals surface area contributed by atoms with E-state index in [1.807, 2.05) is 13.8 Å². The quantitative estimate of drug-likeness (QED) is 0.0538. The molecule has 2 aliphatic heterocycles. The monoisotopic (exact) mass is 1130 g/mol. The van der Waals surface area contributed by atoms with E-state index in [9.17, 15) is 47.9 Å². The molecule has 2 saturated heterocycles. The zero-order valence-electron chi connectivity index (χ0n) is 44.4. The van der Waals surface area contributed by atoms with Crippen LogP contribution < -0.4 is 10.6 Å². The van der Waals surface area contributed by atoms with Gasteiger partial charge in [-0.1, -0.05) is 41.5 Å². The van der Waals surface area contributed by atoms with Crippen molar-refractivity contribution in [3.63, 3.8) is 0 Å². The molecule has 0 radical (unpaired) electrons. The molecule has 2 heterocycles. The van der Waals surface area contributed by atoms with Crippen LogP contribution in [0.3, 0.4) is 0 Å². The van der Waals surface area contributed by atoms with E-state index < -0.39 is 69.0 Å². The lowest BCUT2D eigenvalue weighted by molar-refractivity contribution is -0.152. The van der Waals surface area contributed by atoms with E-state index in [1.165, 1.54) is 21.1 Å². The molecule has 2 aliphatic rings.